The second-order valence-corrected chi connectivity index (χ2v) is 6.14. The Kier molecular flexibility index (Phi) is 5.34. The smallest absolute Gasteiger partial charge is 0.335 e. The Bertz CT molecular complexity index is 867. The van der Waals surface area contributed by atoms with Gasteiger partial charge >= 0.3 is 5.97 Å². The zero-order valence-electron chi connectivity index (χ0n) is 14.5. The molecule has 0 aliphatic heterocycles. The summed E-state index contributed by atoms with van der Waals surface area (Å²) >= 11 is 0. The average molecular weight is 333 g/mol. The Morgan fingerprint density at radius 3 is 2.48 bits per heavy atom. The number of carboxylic acid groups (broad SMARTS) is 1. The van der Waals surface area contributed by atoms with E-state index in [1.807, 2.05) is 12.1 Å². The van der Waals surface area contributed by atoms with E-state index in [1.54, 1.807) is 12.1 Å². The molecule has 0 radical (unpaired) electrons. The number of hydrogen-bond acceptors (Lipinski definition) is 2. The Hall–Kier alpha value is -2.81. The summed E-state index contributed by atoms with van der Waals surface area (Å²) in [7, 11) is 0. The normalized spacial score (nSPS) is 10.8. The maximum atomic E-state index is 11.3. The summed E-state index contributed by atoms with van der Waals surface area (Å²) in [6.07, 6.45) is 1.69. The molecule has 0 aliphatic carbocycles. The second kappa shape index (κ2) is 7.84. The quantitative estimate of drug-likeness (QED) is 0.661. The van der Waals surface area contributed by atoms with Crippen molar-refractivity contribution in [3.8, 4) is 0 Å². The third kappa shape index (κ3) is 3.82. The van der Waals surface area contributed by atoms with Gasteiger partial charge < -0.3 is 10.0 Å². The number of carboxylic acids is 1. The first-order chi connectivity index (χ1) is 12.2. The van der Waals surface area contributed by atoms with Crippen molar-refractivity contribution in [3.05, 3.63) is 77.9 Å². The number of fused-ring (bicyclic) bond motifs is 1. The van der Waals surface area contributed by atoms with Crippen molar-refractivity contribution in [2.75, 3.05) is 18.0 Å². The molecule has 0 unspecified atom stereocenters. The summed E-state index contributed by atoms with van der Waals surface area (Å²) in [5.41, 5.74) is 2.56. The third-order valence-electron chi connectivity index (χ3n) is 4.61. The minimum Gasteiger partial charge on any atom is -0.478 e. The van der Waals surface area contributed by atoms with Crippen molar-refractivity contribution in [3.63, 3.8) is 0 Å². The van der Waals surface area contributed by atoms with Gasteiger partial charge in [0.05, 0.1) is 5.56 Å². The van der Waals surface area contributed by atoms with E-state index < -0.39 is 5.97 Å². The van der Waals surface area contributed by atoms with E-state index in [0.29, 0.717) is 5.56 Å². The van der Waals surface area contributed by atoms with Crippen LogP contribution in [0.5, 0.6) is 0 Å². The number of nitrogens with zero attached hydrogens (tertiary/aromatic N) is 1. The average Bonchev–Trinajstić information content (AvgIpc) is 2.65. The molecule has 3 aromatic rings. The van der Waals surface area contributed by atoms with Gasteiger partial charge in [-0.1, -0.05) is 54.6 Å². The van der Waals surface area contributed by atoms with Gasteiger partial charge in [0.25, 0.3) is 0 Å². The Balaban J connectivity index is 1.74. The zero-order chi connectivity index (χ0) is 17.6. The highest BCUT2D eigenvalue weighted by Crippen LogP contribution is 2.27. The number of benzene rings is 3. The maximum Gasteiger partial charge on any atom is 0.335 e. The summed E-state index contributed by atoms with van der Waals surface area (Å²) in [4.78, 5) is 13.7. The number of aryl methyl sites for hydroxylation is 1. The van der Waals surface area contributed by atoms with Crippen LogP contribution in [-0.2, 0) is 6.42 Å². The summed E-state index contributed by atoms with van der Waals surface area (Å²) in [5, 5.41) is 11.8. The Labute approximate surface area is 148 Å². The largest absolute Gasteiger partial charge is 0.478 e. The van der Waals surface area contributed by atoms with Gasteiger partial charge in [0, 0.05) is 24.2 Å². The third-order valence-corrected chi connectivity index (χ3v) is 4.61. The first-order valence-corrected chi connectivity index (χ1v) is 8.74. The molecule has 0 atom stereocenters. The number of carbonyl (C=O) groups is 1. The minimum atomic E-state index is -0.850. The summed E-state index contributed by atoms with van der Waals surface area (Å²) in [6, 6.07) is 22.1. The molecule has 128 valence electrons. The van der Waals surface area contributed by atoms with Crippen LogP contribution in [0.2, 0.25) is 0 Å². The van der Waals surface area contributed by atoms with E-state index in [9.17, 15) is 9.90 Å². The SMILES string of the molecule is CCN(CCCc1ccccc1C(=O)O)c1cccc2ccccc12. The molecule has 1 N–H and O–H groups in total. The topological polar surface area (TPSA) is 40.5 Å². The van der Waals surface area contributed by atoms with Crippen LogP contribution in [-0.4, -0.2) is 24.2 Å². The molecule has 3 aromatic carbocycles. The molecule has 0 aliphatic rings. The van der Waals surface area contributed by atoms with E-state index in [-0.39, 0.29) is 0 Å². The number of anilines is 1. The van der Waals surface area contributed by atoms with Crippen LogP contribution >= 0.6 is 0 Å². The predicted octanol–water partition coefficient (Wildman–Crippen LogP) is 5.00. The first kappa shape index (κ1) is 17.0. The van der Waals surface area contributed by atoms with Gasteiger partial charge in [0.1, 0.15) is 0 Å². The number of aromatic carboxylic acids is 1. The molecule has 3 nitrogen and oxygen atoms in total. The van der Waals surface area contributed by atoms with Gasteiger partial charge in [0.15, 0.2) is 0 Å². The van der Waals surface area contributed by atoms with E-state index in [1.165, 1.54) is 16.5 Å². The van der Waals surface area contributed by atoms with Crippen molar-refractivity contribution < 1.29 is 9.90 Å². The molecular weight excluding hydrogens is 310 g/mol. The van der Waals surface area contributed by atoms with Crippen LogP contribution < -0.4 is 4.90 Å². The lowest BCUT2D eigenvalue weighted by Gasteiger charge is -2.25. The fourth-order valence-corrected chi connectivity index (χ4v) is 3.34. The highest BCUT2D eigenvalue weighted by molar-refractivity contribution is 5.94. The van der Waals surface area contributed by atoms with E-state index >= 15 is 0 Å². The van der Waals surface area contributed by atoms with Crippen LogP contribution in [0.4, 0.5) is 5.69 Å². The van der Waals surface area contributed by atoms with Gasteiger partial charge in [-0.05, 0) is 42.8 Å². The van der Waals surface area contributed by atoms with Gasteiger partial charge in [-0.3, -0.25) is 0 Å². The van der Waals surface area contributed by atoms with E-state index in [0.717, 1.165) is 31.5 Å². The van der Waals surface area contributed by atoms with Crippen LogP contribution in [0.1, 0.15) is 29.3 Å². The van der Waals surface area contributed by atoms with Crippen LogP contribution in [0.15, 0.2) is 66.7 Å². The minimum absolute atomic E-state index is 0.413. The molecule has 3 heteroatoms. The molecule has 0 saturated carbocycles. The second-order valence-electron chi connectivity index (χ2n) is 6.14. The van der Waals surface area contributed by atoms with Gasteiger partial charge in [0.2, 0.25) is 0 Å². The van der Waals surface area contributed by atoms with Crippen molar-refractivity contribution in [1.29, 1.82) is 0 Å². The van der Waals surface area contributed by atoms with Gasteiger partial charge in [-0.15, -0.1) is 0 Å². The van der Waals surface area contributed by atoms with Crippen LogP contribution in [0, 0.1) is 0 Å². The molecule has 3 rings (SSSR count). The van der Waals surface area contributed by atoms with Crippen molar-refractivity contribution >= 4 is 22.4 Å². The lowest BCUT2D eigenvalue weighted by atomic mass is 10.0. The lowest BCUT2D eigenvalue weighted by Crippen LogP contribution is -2.24. The molecule has 25 heavy (non-hydrogen) atoms. The lowest BCUT2D eigenvalue weighted by molar-refractivity contribution is 0.0695. The molecule has 0 aromatic heterocycles. The van der Waals surface area contributed by atoms with Crippen molar-refractivity contribution in [2.45, 2.75) is 19.8 Å². The fourth-order valence-electron chi connectivity index (χ4n) is 3.34. The fraction of sp³-hybridized carbons (Fsp3) is 0.227. The van der Waals surface area contributed by atoms with E-state index in [2.05, 4.69) is 54.3 Å². The van der Waals surface area contributed by atoms with E-state index in [4.69, 9.17) is 0 Å². The highest BCUT2D eigenvalue weighted by atomic mass is 16.4. The molecule has 0 bridgehead atoms. The summed E-state index contributed by atoms with van der Waals surface area (Å²) in [5.74, 6) is -0.850. The predicted molar refractivity (Wildman–Crippen MR) is 104 cm³/mol. The molecule has 0 amide bonds. The summed E-state index contributed by atoms with van der Waals surface area (Å²) < 4.78 is 0. The standard InChI is InChI=1S/C22H23NO2/c1-2-23(21-15-7-11-17-9-3-5-13-19(17)21)16-8-12-18-10-4-6-14-20(18)22(24)25/h3-7,9-11,13-15H,2,8,12,16H2,1H3,(H,24,25). The maximum absolute atomic E-state index is 11.3. The number of hydrogen-bond donors (Lipinski definition) is 1. The molecule has 0 spiro atoms. The zero-order valence-corrected chi connectivity index (χ0v) is 14.5. The van der Waals surface area contributed by atoms with Crippen molar-refractivity contribution in [1.82, 2.24) is 0 Å². The Morgan fingerprint density at radius 1 is 0.960 bits per heavy atom. The van der Waals surface area contributed by atoms with Crippen LogP contribution in [0.25, 0.3) is 10.8 Å². The molecule has 0 saturated heterocycles. The van der Waals surface area contributed by atoms with Crippen LogP contribution in [0.3, 0.4) is 0 Å². The Morgan fingerprint density at radius 2 is 1.68 bits per heavy atom. The first-order valence-electron chi connectivity index (χ1n) is 8.74. The highest BCUT2D eigenvalue weighted by Gasteiger charge is 2.11. The molecular formula is C22H23NO2. The van der Waals surface area contributed by atoms with Crippen molar-refractivity contribution in [2.24, 2.45) is 0 Å². The number of rotatable bonds is 7. The van der Waals surface area contributed by atoms with Gasteiger partial charge in [-0.25, -0.2) is 4.79 Å². The summed E-state index contributed by atoms with van der Waals surface area (Å²) in [6.45, 7) is 3.99. The molecule has 0 fully saturated rings. The van der Waals surface area contributed by atoms with Gasteiger partial charge in [-0.2, -0.15) is 0 Å². The monoisotopic (exact) mass is 333 g/mol. The molecule has 0 heterocycles.